The van der Waals surface area contributed by atoms with Crippen molar-refractivity contribution in [1.29, 1.82) is 10.7 Å². The maximum absolute atomic E-state index is 16.9. The zero-order chi connectivity index (χ0) is 42.5. The van der Waals surface area contributed by atoms with Crippen LogP contribution in [-0.2, 0) is 15.7 Å². The number of methoxy groups -OCH3 is 1. The molecule has 14 heteroatoms. The number of halogens is 6. The number of ether oxygens (including phenoxy) is 1. The number of alkyl halides is 4. The van der Waals surface area contributed by atoms with E-state index in [1.165, 1.54) is 20.1 Å². The molecule has 3 atom stereocenters. The number of anilines is 1. The predicted molar refractivity (Wildman–Crippen MR) is 214 cm³/mol. The van der Waals surface area contributed by atoms with Crippen molar-refractivity contribution in [3.63, 3.8) is 0 Å². The molecule has 0 aromatic heterocycles. The van der Waals surface area contributed by atoms with E-state index in [9.17, 15) is 32.0 Å². The van der Waals surface area contributed by atoms with Gasteiger partial charge in [-0.1, -0.05) is 58.5 Å². The van der Waals surface area contributed by atoms with E-state index in [-0.39, 0.29) is 54.6 Å². The summed E-state index contributed by atoms with van der Waals surface area (Å²) in [7, 11) is 5.11. The van der Waals surface area contributed by atoms with Crippen LogP contribution >= 0.6 is 11.8 Å². The number of carbonyl (C=O) groups excluding carboxylic acids is 1. The fraction of sp³-hybridized carbons (Fsp3) is 0.500. The molecule has 0 radical (unpaired) electrons. The predicted octanol–water partition coefficient (Wildman–Crippen LogP) is 9.42. The van der Waals surface area contributed by atoms with Crippen LogP contribution in [-0.4, -0.2) is 67.1 Å². The van der Waals surface area contributed by atoms with Crippen LogP contribution in [0.25, 0.3) is 11.3 Å². The number of nitrogens with zero attached hydrogens (tertiary/aromatic N) is 3. The molecule has 3 unspecified atom stereocenters. The molecule has 0 spiro atoms. The summed E-state index contributed by atoms with van der Waals surface area (Å²) >= 11 is 0.619. The van der Waals surface area contributed by atoms with Crippen LogP contribution in [0.1, 0.15) is 85.6 Å². The smallest absolute Gasteiger partial charge is 0.417 e. The van der Waals surface area contributed by atoms with Gasteiger partial charge in [0.25, 0.3) is 0 Å². The highest BCUT2D eigenvalue weighted by Crippen LogP contribution is 2.34. The molecule has 1 saturated heterocycles. The molecule has 0 bridgehead atoms. The average Bonchev–Trinajstić information content (AvgIpc) is 3.71. The van der Waals surface area contributed by atoms with Gasteiger partial charge in [-0.15, -0.1) is 0 Å². The molecule has 0 saturated carbocycles. The van der Waals surface area contributed by atoms with Gasteiger partial charge in [-0.05, 0) is 88.4 Å². The second-order valence-electron chi connectivity index (χ2n) is 13.9. The molecule has 2 aliphatic heterocycles. The molecule has 2 heterocycles. The lowest BCUT2D eigenvalue weighted by atomic mass is 9.97. The monoisotopic (exact) mass is 807 g/mol. The first-order valence-electron chi connectivity index (χ1n) is 18.7. The van der Waals surface area contributed by atoms with Gasteiger partial charge >= 0.3 is 6.18 Å². The molecule has 2 N–H and O–H groups in total. The van der Waals surface area contributed by atoms with E-state index in [4.69, 9.17) is 10.1 Å². The molecule has 308 valence electrons. The highest BCUT2D eigenvalue weighted by Gasteiger charge is 2.35. The second kappa shape index (κ2) is 21.9. The topological polar surface area (TPSA) is 92.5 Å². The lowest BCUT2D eigenvalue weighted by Gasteiger charge is -2.31. The highest BCUT2D eigenvalue weighted by molar-refractivity contribution is 8.15. The summed E-state index contributed by atoms with van der Waals surface area (Å²) in [5, 5.41) is 19.0. The SMILES string of the molecule is C=CC(C)=O.CC/C=C(/Nc1c(F)/c(=c2/ccc(F)c3c2=C(C#N)C(=N)S3)c(C(F)(F)F)c/c1=C(/C)N(C)C(CC)CCC(C)CC)OC.CN1CCC(F)C1. The van der Waals surface area contributed by atoms with Gasteiger partial charge < -0.3 is 19.9 Å². The van der Waals surface area contributed by atoms with Crippen molar-refractivity contribution in [2.75, 3.05) is 39.6 Å². The van der Waals surface area contributed by atoms with Crippen LogP contribution in [0.5, 0.6) is 0 Å². The number of likely N-dealkylation sites (tertiary alicyclic amines) is 1. The molecule has 0 aliphatic carbocycles. The fourth-order valence-corrected chi connectivity index (χ4v) is 7.16. The van der Waals surface area contributed by atoms with E-state index in [2.05, 4.69) is 25.7 Å². The quantitative estimate of drug-likeness (QED) is 0.126. The number of ketones is 1. The third-order valence-corrected chi connectivity index (χ3v) is 10.9. The Morgan fingerprint density at radius 1 is 1.20 bits per heavy atom. The van der Waals surface area contributed by atoms with Gasteiger partial charge in [0.1, 0.15) is 23.1 Å². The standard InChI is InChI=1S/C33H39F5N4OS.C5H10FN.C4H6O/c1-8-11-26(43-7)41-30-22(19(5)42(6)20(10-3)13-12-18(4)9-2)16-24(33(36,37)38)28(29(30)35)21-14-15-25(34)31-27(21)23(17-39)32(40)44-31;1-7-3-2-5(6)4-7;1-3-4(2)5/h11,14-16,18,20,40-41H,8-10,12-13H2,1-7H3;5H,2-4H2,1H3;3H,1H2,2H3/b22-19+,26-11-,28-21-,40-32?;;. The van der Waals surface area contributed by atoms with Crippen LogP contribution in [0.3, 0.4) is 0 Å². The number of nitriles is 1. The lowest BCUT2D eigenvalue weighted by Crippen LogP contribution is -2.34. The van der Waals surface area contributed by atoms with Gasteiger partial charge in [0.2, 0.25) is 0 Å². The largest absolute Gasteiger partial charge is 0.483 e. The van der Waals surface area contributed by atoms with Gasteiger partial charge in [-0.2, -0.15) is 18.4 Å². The molecule has 4 rings (SSSR count). The minimum Gasteiger partial charge on any atom is -0.483 e. The first-order valence-corrected chi connectivity index (χ1v) is 19.5. The van der Waals surface area contributed by atoms with E-state index in [0.29, 0.717) is 36.3 Å². The molecule has 1 fully saturated rings. The number of hydrogen-bond acceptors (Lipinski definition) is 8. The summed E-state index contributed by atoms with van der Waals surface area (Å²) in [4.78, 5) is 13.4. The number of allylic oxidation sites excluding steroid dienone is 2. The third-order valence-electron chi connectivity index (χ3n) is 9.85. The minimum absolute atomic E-state index is 0.00167. The van der Waals surface area contributed by atoms with Crippen molar-refractivity contribution in [2.45, 2.75) is 103 Å². The van der Waals surface area contributed by atoms with Crippen LogP contribution in [0.15, 0.2) is 47.7 Å². The number of benzene rings is 2. The Morgan fingerprint density at radius 2 is 1.84 bits per heavy atom. The number of rotatable bonds is 12. The van der Waals surface area contributed by atoms with Crippen LogP contribution < -0.4 is 15.8 Å². The Kier molecular flexibility index (Phi) is 18.8. The lowest BCUT2D eigenvalue weighted by molar-refractivity contribution is -0.138. The normalized spacial score (nSPS) is 17.7. The van der Waals surface area contributed by atoms with E-state index >= 15 is 4.39 Å². The van der Waals surface area contributed by atoms with Gasteiger partial charge in [0, 0.05) is 47.5 Å². The number of thioether (sulfide) groups is 1. The summed E-state index contributed by atoms with van der Waals surface area (Å²) in [5.41, 5.74) is -1.40. The average molecular weight is 808 g/mol. The first-order chi connectivity index (χ1) is 26.3. The van der Waals surface area contributed by atoms with Crippen molar-refractivity contribution in [3.05, 3.63) is 80.9 Å². The van der Waals surface area contributed by atoms with E-state index in [0.717, 1.165) is 56.8 Å². The number of fused-ring (bicyclic) bond motifs is 1. The van der Waals surface area contributed by atoms with Crippen molar-refractivity contribution in [1.82, 2.24) is 9.80 Å². The molecule has 2 aliphatic rings. The summed E-state index contributed by atoms with van der Waals surface area (Å²) in [6.45, 7) is 16.0. The van der Waals surface area contributed by atoms with Crippen molar-refractivity contribution in [3.8, 4) is 6.07 Å². The molecule has 2 aromatic carbocycles. The fourth-order valence-electron chi connectivity index (χ4n) is 6.22. The Balaban J connectivity index is 0.000000770. The van der Waals surface area contributed by atoms with Gasteiger partial charge in [-0.25, -0.2) is 13.2 Å². The van der Waals surface area contributed by atoms with Crippen molar-refractivity contribution in [2.24, 2.45) is 5.92 Å². The summed E-state index contributed by atoms with van der Waals surface area (Å²) in [5.74, 6) is -1.40. The molecule has 7 nitrogen and oxygen atoms in total. The maximum atomic E-state index is 16.9. The summed E-state index contributed by atoms with van der Waals surface area (Å²) < 4.78 is 93.8. The zero-order valence-corrected chi connectivity index (χ0v) is 34.6. The first kappa shape index (κ1) is 47.9. The number of nitrogens with one attached hydrogen (secondary N) is 2. The molecule has 56 heavy (non-hydrogen) atoms. The van der Waals surface area contributed by atoms with E-state index in [1.807, 2.05) is 30.7 Å². The number of carbonyl (C=O) groups is 1. The Hall–Kier alpha value is -4.22. The van der Waals surface area contributed by atoms with E-state index < -0.39 is 34.8 Å². The second-order valence-corrected chi connectivity index (χ2v) is 14.9. The molecular weight excluding hydrogens is 753 g/mol. The number of hydrogen-bond donors (Lipinski definition) is 2. The minimum atomic E-state index is -5.01. The summed E-state index contributed by atoms with van der Waals surface area (Å²) in [6.07, 6.45) is 2.08. The third kappa shape index (κ3) is 12.4. The molecule has 2 aromatic rings. The van der Waals surface area contributed by atoms with Gasteiger partial charge in [0.05, 0.1) is 28.8 Å². The highest BCUT2D eigenvalue weighted by atomic mass is 32.2. The van der Waals surface area contributed by atoms with E-state index in [1.54, 1.807) is 26.1 Å². The van der Waals surface area contributed by atoms with Crippen LogP contribution in [0, 0.1) is 44.7 Å². The van der Waals surface area contributed by atoms with Crippen molar-refractivity contribution >= 4 is 39.5 Å². The van der Waals surface area contributed by atoms with Gasteiger partial charge in [0.15, 0.2) is 17.5 Å². The molecular formula is C42H55F6N5O2S. The van der Waals surface area contributed by atoms with Gasteiger partial charge in [-0.3, -0.25) is 10.2 Å². The van der Waals surface area contributed by atoms with Crippen molar-refractivity contribution < 1.29 is 35.9 Å². The molecule has 0 amide bonds. The Bertz CT molecular complexity index is 2020. The van der Waals surface area contributed by atoms with Crippen LogP contribution in [0.4, 0.5) is 32.0 Å². The maximum Gasteiger partial charge on any atom is 0.417 e. The summed E-state index contributed by atoms with van der Waals surface area (Å²) in [6, 6.07) is 4.66. The Labute approximate surface area is 331 Å². The Morgan fingerprint density at radius 3 is 2.29 bits per heavy atom. The zero-order valence-electron chi connectivity index (χ0n) is 33.8. The van der Waals surface area contributed by atoms with Crippen LogP contribution in [0.2, 0.25) is 0 Å².